The number of rotatable bonds is 2. The fourth-order valence-corrected chi connectivity index (χ4v) is 2.24. The molecule has 4 N–H and O–H groups in total. The molecule has 1 saturated carbocycles. The Morgan fingerprint density at radius 2 is 2.12 bits per heavy atom. The van der Waals surface area contributed by atoms with Gasteiger partial charge in [0.25, 0.3) is 0 Å². The van der Waals surface area contributed by atoms with Crippen LogP contribution in [0.2, 0.25) is 0 Å². The zero-order chi connectivity index (χ0) is 12.3. The largest absolute Gasteiger partial charge is 0.398 e. The van der Waals surface area contributed by atoms with E-state index in [2.05, 4.69) is 11.4 Å². The van der Waals surface area contributed by atoms with Crippen LogP contribution in [0.25, 0.3) is 0 Å². The second kappa shape index (κ2) is 5.07. The number of aliphatic hydroxyl groups excluding tert-OH is 1. The van der Waals surface area contributed by atoms with E-state index < -0.39 is 0 Å². The van der Waals surface area contributed by atoms with E-state index >= 15 is 0 Å². The van der Waals surface area contributed by atoms with Crippen LogP contribution in [-0.4, -0.2) is 17.3 Å². The van der Waals surface area contributed by atoms with Crippen LogP contribution in [0.15, 0.2) is 18.2 Å². The summed E-state index contributed by atoms with van der Waals surface area (Å²) in [7, 11) is 0. The lowest BCUT2D eigenvalue weighted by Crippen LogP contribution is -2.36. The summed E-state index contributed by atoms with van der Waals surface area (Å²) in [4.78, 5) is 0. The normalized spacial score (nSPS) is 24.0. The third kappa shape index (κ3) is 2.69. The summed E-state index contributed by atoms with van der Waals surface area (Å²) in [6, 6.07) is 7.43. The maximum Gasteiger partial charge on any atom is 0.101 e. The smallest absolute Gasteiger partial charge is 0.101 e. The molecule has 2 unspecified atom stereocenters. The molecular formula is C13H17N3O. The van der Waals surface area contributed by atoms with Crippen LogP contribution in [0, 0.1) is 11.3 Å². The van der Waals surface area contributed by atoms with Crippen molar-refractivity contribution in [3.05, 3.63) is 23.8 Å². The number of nitriles is 1. The van der Waals surface area contributed by atoms with Gasteiger partial charge in [-0.1, -0.05) is 12.8 Å². The molecule has 2 atom stereocenters. The summed E-state index contributed by atoms with van der Waals surface area (Å²) < 4.78 is 0. The Labute approximate surface area is 101 Å². The van der Waals surface area contributed by atoms with Gasteiger partial charge in [0.1, 0.15) is 6.07 Å². The van der Waals surface area contributed by atoms with Gasteiger partial charge in [-0.25, -0.2) is 0 Å². The second-order valence-corrected chi connectivity index (χ2v) is 4.52. The third-order valence-corrected chi connectivity index (χ3v) is 3.26. The van der Waals surface area contributed by atoms with Crippen molar-refractivity contribution in [1.29, 1.82) is 5.26 Å². The van der Waals surface area contributed by atoms with Crippen molar-refractivity contribution in [1.82, 2.24) is 0 Å². The molecule has 17 heavy (non-hydrogen) atoms. The Bertz CT molecular complexity index is 439. The Kier molecular flexibility index (Phi) is 3.50. The first-order chi connectivity index (χ1) is 8.20. The van der Waals surface area contributed by atoms with Crippen molar-refractivity contribution in [3.8, 4) is 6.07 Å². The number of nitrogens with one attached hydrogen (secondary N) is 1. The molecule has 2 rings (SSSR count). The number of hydrogen-bond donors (Lipinski definition) is 3. The standard InChI is InChI=1S/C13H17N3O/c14-8-9-7-10(5-6-11(9)15)16-12-3-1-2-4-13(12)17/h5-7,12-13,16-17H,1-4,15H2. The van der Waals surface area contributed by atoms with Crippen molar-refractivity contribution in [2.24, 2.45) is 0 Å². The zero-order valence-corrected chi connectivity index (χ0v) is 9.69. The van der Waals surface area contributed by atoms with E-state index in [9.17, 15) is 5.11 Å². The van der Waals surface area contributed by atoms with Crippen LogP contribution >= 0.6 is 0 Å². The minimum Gasteiger partial charge on any atom is -0.398 e. The highest BCUT2D eigenvalue weighted by Crippen LogP contribution is 2.24. The minimum atomic E-state index is -0.299. The highest BCUT2D eigenvalue weighted by molar-refractivity contribution is 5.62. The Morgan fingerprint density at radius 1 is 1.35 bits per heavy atom. The summed E-state index contributed by atoms with van der Waals surface area (Å²) in [6.45, 7) is 0. The topological polar surface area (TPSA) is 82.1 Å². The Hall–Kier alpha value is -1.73. The average molecular weight is 231 g/mol. The lowest BCUT2D eigenvalue weighted by molar-refractivity contribution is 0.116. The molecule has 0 saturated heterocycles. The fraction of sp³-hybridized carbons (Fsp3) is 0.462. The Balaban J connectivity index is 2.10. The maximum atomic E-state index is 9.86. The number of anilines is 2. The second-order valence-electron chi connectivity index (χ2n) is 4.52. The van der Waals surface area contributed by atoms with Gasteiger partial charge in [-0.05, 0) is 31.0 Å². The lowest BCUT2D eigenvalue weighted by Gasteiger charge is -2.29. The number of aliphatic hydroxyl groups is 1. The van der Waals surface area contributed by atoms with Crippen molar-refractivity contribution in [2.45, 2.75) is 37.8 Å². The van der Waals surface area contributed by atoms with Crippen LogP contribution in [0.5, 0.6) is 0 Å². The predicted molar refractivity (Wildman–Crippen MR) is 67.5 cm³/mol. The molecule has 0 aliphatic heterocycles. The number of nitrogens with two attached hydrogens (primary N) is 1. The SMILES string of the molecule is N#Cc1cc(NC2CCCCC2O)ccc1N. The van der Waals surface area contributed by atoms with Crippen LogP contribution in [0.1, 0.15) is 31.2 Å². The van der Waals surface area contributed by atoms with Gasteiger partial charge in [-0.2, -0.15) is 5.26 Å². The molecule has 4 heteroatoms. The highest BCUT2D eigenvalue weighted by atomic mass is 16.3. The van der Waals surface area contributed by atoms with E-state index in [0.29, 0.717) is 11.3 Å². The van der Waals surface area contributed by atoms with Gasteiger partial charge in [0.15, 0.2) is 0 Å². The molecule has 1 aromatic rings. The molecule has 0 amide bonds. The van der Waals surface area contributed by atoms with E-state index in [1.807, 2.05) is 6.07 Å². The monoisotopic (exact) mass is 231 g/mol. The molecule has 90 valence electrons. The molecule has 1 aliphatic rings. The molecule has 4 nitrogen and oxygen atoms in total. The lowest BCUT2D eigenvalue weighted by atomic mass is 9.92. The van der Waals surface area contributed by atoms with Crippen molar-refractivity contribution < 1.29 is 5.11 Å². The highest BCUT2D eigenvalue weighted by Gasteiger charge is 2.22. The molecule has 1 fully saturated rings. The fourth-order valence-electron chi connectivity index (χ4n) is 2.24. The number of benzene rings is 1. The van der Waals surface area contributed by atoms with Gasteiger partial charge in [0.05, 0.1) is 17.7 Å². The van der Waals surface area contributed by atoms with Crippen LogP contribution in [0.4, 0.5) is 11.4 Å². The van der Waals surface area contributed by atoms with Gasteiger partial charge in [0, 0.05) is 11.4 Å². The van der Waals surface area contributed by atoms with Crippen LogP contribution < -0.4 is 11.1 Å². The molecule has 0 heterocycles. The molecule has 0 radical (unpaired) electrons. The van der Waals surface area contributed by atoms with Gasteiger partial charge < -0.3 is 16.2 Å². The van der Waals surface area contributed by atoms with E-state index in [1.54, 1.807) is 12.1 Å². The summed E-state index contributed by atoms with van der Waals surface area (Å²) >= 11 is 0. The molecule has 1 aromatic carbocycles. The van der Waals surface area contributed by atoms with Crippen molar-refractivity contribution in [3.63, 3.8) is 0 Å². The summed E-state index contributed by atoms with van der Waals surface area (Å²) in [6.07, 6.45) is 3.73. The molecule has 0 aromatic heterocycles. The predicted octanol–water partition coefficient (Wildman–Crippen LogP) is 1.86. The zero-order valence-electron chi connectivity index (χ0n) is 9.69. The van der Waals surface area contributed by atoms with E-state index in [4.69, 9.17) is 11.0 Å². The van der Waals surface area contributed by atoms with Crippen molar-refractivity contribution in [2.75, 3.05) is 11.1 Å². The van der Waals surface area contributed by atoms with E-state index in [0.717, 1.165) is 31.4 Å². The minimum absolute atomic E-state index is 0.0823. The first-order valence-corrected chi connectivity index (χ1v) is 5.95. The van der Waals surface area contributed by atoms with Crippen LogP contribution in [0.3, 0.4) is 0 Å². The van der Waals surface area contributed by atoms with E-state index in [1.165, 1.54) is 0 Å². The third-order valence-electron chi connectivity index (χ3n) is 3.26. The molecule has 0 spiro atoms. The first-order valence-electron chi connectivity index (χ1n) is 5.95. The molecule has 0 bridgehead atoms. The van der Waals surface area contributed by atoms with Gasteiger partial charge in [-0.3, -0.25) is 0 Å². The maximum absolute atomic E-state index is 9.86. The van der Waals surface area contributed by atoms with Gasteiger partial charge in [0.2, 0.25) is 0 Å². The molecular weight excluding hydrogens is 214 g/mol. The number of hydrogen-bond acceptors (Lipinski definition) is 4. The molecule has 1 aliphatic carbocycles. The summed E-state index contributed by atoms with van der Waals surface area (Å²) in [5, 5.41) is 22.0. The first kappa shape index (κ1) is 11.7. The van der Waals surface area contributed by atoms with Crippen LogP contribution in [-0.2, 0) is 0 Å². The summed E-state index contributed by atoms with van der Waals surface area (Å²) in [5.41, 5.74) is 7.47. The summed E-state index contributed by atoms with van der Waals surface area (Å²) in [5.74, 6) is 0. The van der Waals surface area contributed by atoms with Gasteiger partial charge >= 0.3 is 0 Å². The Morgan fingerprint density at radius 3 is 2.82 bits per heavy atom. The number of nitrogens with zero attached hydrogens (tertiary/aromatic N) is 1. The average Bonchev–Trinajstić information content (AvgIpc) is 2.34. The number of nitrogen functional groups attached to an aromatic ring is 1. The van der Waals surface area contributed by atoms with Gasteiger partial charge in [-0.15, -0.1) is 0 Å². The van der Waals surface area contributed by atoms with E-state index in [-0.39, 0.29) is 12.1 Å². The van der Waals surface area contributed by atoms with Crippen molar-refractivity contribution >= 4 is 11.4 Å². The quantitative estimate of drug-likeness (QED) is 0.678.